The zero-order valence-corrected chi connectivity index (χ0v) is 24.4. The molecule has 2 saturated heterocycles. The maximum absolute atomic E-state index is 13.3. The lowest BCUT2D eigenvalue weighted by molar-refractivity contribution is -0.274. The van der Waals surface area contributed by atoms with Crippen molar-refractivity contribution in [2.24, 2.45) is 5.41 Å². The number of ether oxygens (including phenoxy) is 2. The van der Waals surface area contributed by atoms with Crippen molar-refractivity contribution < 1.29 is 27.4 Å². The lowest BCUT2D eigenvalue weighted by atomic mass is 9.73. The van der Waals surface area contributed by atoms with Crippen LogP contribution in [0.25, 0.3) is 11.1 Å². The van der Waals surface area contributed by atoms with Crippen LogP contribution in [0.4, 0.5) is 24.8 Å². The lowest BCUT2D eigenvalue weighted by Crippen LogP contribution is -2.72. The largest absolute Gasteiger partial charge is 0.573 e. The van der Waals surface area contributed by atoms with E-state index in [1.807, 2.05) is 14.0 Å². The third-order valence-electron chi connectivity index (χ3n) is 7.33. The van der Waals surface area contributed by atoms with Gasteiger partial charge in [-0.1, -0.05) is 17.7 Å². The molecule has 2 aliphatic heterocycles. The second-order valence-corrected chi connectivity index (χ2v) is 11.5. The molecule has 6 rings (SSSR count). The van der Waals surface area contributed by atoms with Gasteiger partial charge in [-0.2, -0.15) is 0 Å². The van der Waals surface area contributed by atoms with Gasteiger partial charge < -0.3 is 24.6 Å². The molecule has 16 heteroatoms. The Bertz CT molecular complexity index is 1640. The van der Waals surface area contributed by atoms with Gasteiger partial charge in [0.15, 0.2) is 5.75 Å². The molecule has 2 aromatic carbocycles. The van der Waals surface area contributed by atoms with E-state index in [1.54, 1.807) is 23.1 Å². The fraction of sp³-hybridized carbons (Fsp3) is 0.357. The van der Waals surface area contributed by atoms with Gasteiger partial charge in [0.25, 0.3) is 5.91 Å². The second kappa shape index (κ2) is 11.5. The number of nitrogens with one attached hydrogen (secondary N) is 1. The van der Waals surface area contributed by atoms with E-state index < -0.39 is 12.1 Å². The van der Waals surface area contributed by atoms with Crippen LogP contribution in [0.1, 0.15) is 17.3 Å². The van der Waals surface area contributed by atoms with E-state index in [9.17, 15) is 18.0 Å². The number of hydrogen-bond acceptors (Lipinski definition) is 10. The number of benzene rings is 2. The normalized spacial score (nSPS) is 16.6. The van der Waals surface area contributed by atoms with Crippen LogP contribution in [0.15, 0.2) is 55.1 Å². The van der Waals surface area contributed by atoms with Crippen LogP contribution in [0, 0.1) is 5.41 Å². The first-order valence-electron chi connectivity index (χ1n) is 13.6. The predicted octanol–water partition coefficient (Wildman–Crippen LogP) is 4.28. The summed E-state index contributed by atoms with van der Waals surface area (Å²) in [6.45, 7) is 5.20. The standard InChI is InChI=1S/C28H27ClF3N9O3/c1-17(11-41-16-35-37-38-41)43-23-7-18(3-5-21(23)29)20-9-33-26(34-10-20)36-22-6-4-19(8-24(22)44-28(30,31)32)25(42)40-14-27(15-40)12-39(2)13-27/h3-10,16-17H,11-15H2,1-2H3,(H,33,34,36)/t17-/m0/s1. The van der Waals surface area contributed by atoms with Gasteiger partial charge in [-0.15, -0.1) is 18.3 Å². The number of carbonyl (C=O) groups excluding carboxylic acids is 1. The molecule has 0 unspecified atom stereocenters. The van der Waals surface area contributed by atoms with Crippen LogP contribution >= 0.6 is 11.6 Å². The average molecular weight is 630 g/mol. The molecule has 4 aromatic rings. The molecule has 0 saturated carbocycles. The monoisotopic (exact) mass is 629 g/mol. The van der Waals surface area contributed by atoms with E-state index in [4.69, 9.17) is 16.3 Å². The van der Waals surface area contributed by atoms with Crippen LogP contribution < -0.4 is 14.8 Å². The summed E-state index contributed by atoms with van der Waals surface area (Å²) < 4.78 is 51.6. The van der Waals surface area contributed by atoms with E-state index in [-0.39, 0.29) is 34.6 Å². The van der Waals surface area contributed by atoms with Gasteiger partial charge in [0.2, 0.25) is 5.95 Å². The molecule has 230 valence electrons. The van der Waals surface area contributed by atoms with Gasteiger partial charge in [0.1, 0.15) is 18.2 Å². The third kappa shape index (κ3) is 6.53. The first-order chi connectivity index (χ1) is 21.0. The Morgan fingerprint density at radius 1 is 1.07 bits per heavy atom. The number of aromatic nitrogens is 6. The van der Waals surface area contributed by atoms with Crippen molar-refractivity contribution in [3.8, 4) is 22.6 Å². The van der Waals surface area contributed by atoms with Crippen LogP contribution in [-0.2, 0) is 6.54 Å². The van der Waals surface area contributed by atoms with Gasteiger partial charge in [0, 0.05) is 55.1 Å². The summed E-state index contributed by atoms with van der Waals surface area (Å²) in [7, 11) is 2.01. The van der Waals surface area contributed by atoms with Crippen molar-refractivity contribution in [1.29, 1.82) is 0 Å². The summed E-state index contributed by atoms with van der Waals surface area (Å²) in [5.74, 6) is -0.450. The number of nitrogens with zero attached hydrogens (tertiary/aromatic N) is 8. The van der Waals surface area contributed by atoms with Crippen molar-refractivity contribution in [2.45, 2.75) is 25.9 Å². The van der Waals surface area contributed by atoms with Crippen LogP contribution in [0.5, 0.6) is 11.5 Å². The van der Waals surface area contributed by atoms with Gasteiger partial charge in [-0.3, -0.25) is 4.79 Å². The molecule has 2 aromatic heterocycles. The van der Waals surface area contributed by atoms with Gasteiger partial charge in [-0.05, 0) is 60.3 Å². The summed E-state index contributed by atoms with van der Waals surface area (Å²) in [6, 6.07) is 9.06. The van der Waals surface area contributed by atoms with Crippen molar-refractivity contribution >= 4 is 29.1 Å². The van der Waals surface area contributed by atoms with Crippen molar-refractivity contribution in [2.75, 3.05) is 38.5 Å². The summed E-state index contributed by atoms with van der Waals surface area (Å²) in [6.07, 6.45) is -0.777. The molecule has 1 N–H and O–H groups in total. The van der Waals surface area contributed by atoms with Crippen molar-refractivity contribution in [3.05, 3.63) is 65.7 Å². The lowest BCUT2D eigenvalue weighted by Gasteiger charge is -2.59. The maximum Gasteiger partial charge on any atom is 0.573 e. The highest BCUT2D eigenvalue weighted by molar-refractivity contribution is 6.32. The number of carbonyl (C=O) groups is 1. The SMILES string of the molecule is C[C@@H](Cn1cnnn1)Oc1cc(-c2cnc(Nc3ccc(C(=O)N4CC5(CN(C)C5)C4)cc3OC(F)(F)F)nc2)ccc1Cl. The zero-order valence-electron chi connectivity index (χ0n) is 23.6. The van der Waals surface area contributed by atoms with E-state index in [1.165, 1.54) is 35.5 Å². The zero-order chi connectivity index (χ0) is 31.1. The van der Waals surface area contributed by atoms with Crippen molar-refractivity contribution in [3.63, 3.8) is 0 Å². The molecule has 1 atom stereocenters. The van der Waals surface area contributed by atoms with Crippen molar-refractivity contribution in [1.82, 2.24) is 40.0 Å². The van der Waals surface area contributed by atoms with Gasteiger partial charge in [-0.25, -0.2) is 14.6 Å². The minimum atomic E-state index is -4.97. The van der Waals surface area contributed by atoms with E-state index in [0.717, 1.165) is 19.2 Å². The summed E-state index contributed by atoms with van der Waals surface area (Å²) >= 11 is 6.34. The smallest absolute Gasteiger partial charge is 0.487 e. The fourth-order valence-electron chi connectivity index (χ4n) is 5.57. The number of amides is 1. The molecule has 1 amide bonds. The number of anilines is 2. The molecule has 12 nitrogen and oxygen atoms in total. The number of tetrazole rings is 1. The molecule has 0 aliphatic carbocycles. The number of likely N-dealkylation sites (tertiary alicyclic amines) is 2. The van der Waals surface area contributed by atoms with Crippen LogP contribution in [-0.4, -0.2) is 91.6 Å². The molecule has 2 aliphatic rings. The highest BCUT2D eigenvalue weighted by Crippen LogP contribution is 2.40. The predicted molar refractivity (Wildman–Crippen MR) is 153 cm³/mol. The fourth-order valence-corrected chi connectivity index (χ4v) is 5.74. The Hall–Kier alpha value is -4.50. The summed E-state index contributed by atoms with van der Waals surface area (Å²) in [5, 5.41) is 14.2. The first-order valence-corrected chi connectivity index (χ1v) is 14.0. The molecule has 0 radical (unpaired) electrons. The molecule has 44 heavy (non-hydrogen) atoms. The molecule has 4 heterocycles. The first kappa shape index (κ1) is 29.6. The summed E-state index contributed by atoms with van der Waals surface area (Å²) in [5.41, 5.74) is 1.46. The Balaban J connectivity index is 1.15. The quantitative estimate of drug-likeness (QED) is 0.287. The van der Waals surface area contributed by atoms with E-state index in [2.05, 4.69) is 40.4 Å². The average Bonchev–Trinajstić information content (AvgIpc) is 3.44. The number of rotatable bonds is 9. The highest BCUT2D eigenvalue weighted by Gasteiger charge is 2.52. The minimum absolute atomic E-state index is 0.0270. The van der Waals surface area contributed by atoms with Gasteiger partial charge >= 0.3 is 6.36 Å². The molecular weight excluding hydrogens is 603 g/mol. The van der Waals surface area contributed by atoms with Gasteiger partial charge in [0.05, 0.1) is 17.3 Å². The Morgan fingerprint density at radius 2 is 1.82 bits per heavy atom. The Kier molecular flexibility index (Phi) is 7.75. The molecule has 2 fully saturated rings. The van der Waals surface area contributed by atoms with E-state index in [0.29, 0.717) is 41.5 Å². The van der Waals surface area contributed by atoms with E-state index >= 15 is 0 Å². The second-order valence-electron chi connectivity index (χ2n) is 11.1. The molecule has 0 bridgehead atoms. The number of alkyl halides is 3. The molecular formula is C28H27ClF3N9O3. The topological polar surface area (TPSA) is 123 Å². The highest BCUT2D eigenvalue weighted by atomic mass is 35.5. The number of halogens is 4. The minimum Gasteiger partial charge on any atom is -0.487 e. The Labute approximate surface area is 254 Å². The third-order valence-corrected chi connectivity index (χ3v) is 7.64. The number of hydrogen-bond donors (Lipinski definition) is 1. The van der Waals surface area contributed by atoms with Crippen LogP contribution in [0.3, 0.4) is 0 Å². The van der Waals surface area contributed by atoms with Crippen LogP contribution in [0.2, 0.25) is 5.02 Å². The Morgan fingerprint density at radius 3 is 2.48 bits per heavy atom. The summed E-state index contributed by atoms with van der Waals surface area (Å²) in [4.78, 5) is 25.3. The molecule has 1 spiro atoms. The maximum atomic E-state index is 13.3.